The number of hydrogen-bond acceptors (Lipinski definition) is 4. The molecule has 1 aromatic carbocycles. The van der Waals surface area contributed by atoms with Gasteiger partial charge < -0.3 is 20.5 Å². The van der Waals surface area contributed by atoms with Crippen LogP contribution in [0.2, 0.25) is 0 Å². The molecule has 2 atom stereocenters. The second-order valence-electron chi connectivity index (χ2n) is 6.39. The second-order valence-corrected chi connectivity index (χ2v) is 6.39. The highest BCUT2D eigenvalue weighted by atomic mass is 127. The van der Waals surface area contributed by atoms with Gasteiger partial charge in [-0.1, -0.05) is 30.3 Å². The van der Waals surface area contributed by atoms with Crippen LogP contribution in [0, 0.1) is 0 Å². The Labute approximate surface area is 178 Å². The van der Waals surface area contributed by atoms with Crippen molar-refractivity contribution in [2.75, 3.05) is 26.7 Å². The van der Waals surface area contributed by atoms with E-state index in [9.17, 15) is 5.11 Å². The van der Waals surface area contributed by atoms with E-state index in [-0.39, 0.29) is 36.6 Å². The summed E-state index contributed by atoms with van der Waals surface area (Å²) in [6, 6.07) is 10.0. The molecule has 0 saturated heterocycles. The van der Waals surface area contributed by atoms with Gasteiger partial charge in [-0.2, -0.15) is 5.10 Å². The molecule has 150 valence electrons. The molecule has 1 aromatic heterocycles. The third-order valence-corrected chi connectivity index (χ3v) is 4.13. The number of rotatable bonds is 8. The van der Waals surface area contributed by atoms with Crippen molar-refractivity contribution < 1.29 is 9.84 Å². The Morgan fingerprint density at radius 2 is 2.04 bits per heavy atom. The number of ether oxygens (including phenoxy) is 1. The smallest absolute Gasteiger partial charge is 0.191 e. The van der Waals surface area contributed by atoms with Crippen molar-refractivity contribution >= 4 is 29.9 Å². The van der Waals surface area contributed by atoms with Gasteiger partial charge in [0.25, 0.3) is 0 Å². The Morgan fingerprint density at radius 3 is 2.59 bits per heavy atom. The Morgan fingerprint density at radius 1 is 1.33 bits per heavy atom. The molecule has 2 aromatic rings. The first kappa shape index (κ1) is 23.4. The molecule has 8 heteroatoms. The maximum atomic E-state index is 10.7. The van der Waals surface area contributed by atoms with E-state index in [0.717, 1.165) is 17.7 Å². The topological polar surface area (TPSA) is 83.7 Å². The summed E-state index contributed by atoms with van der Waals surface area (Å²) in [6.07, 6.45) is 3.37. The van der Waals surface area contributed by atoms with E-state index in [0.29, 0.717) is 12.5 Å². The summed E-state index contributed by atoms with van der Waals surface area (Å²) in [7, 11) is 3.51. The molecular weight excluding hydrogens is 457 g/mol. The maximum absolute atomic E-state index is 10.7. The highest BCUT2D eigenvalue weighted by molar-refractivity contribution is 14.0. The number of hydrogen-bond donors (Lipinski definition) is 3. The zero-order valence-electron chi connectivity index (χ0n) is 16.3. The van der Waals surface area contributed by atoms with Crippen molar-refractivity contribution in [2.45, 2.75) is 25.6 Å². The van der Waals surface area contributed by atoms with E-state index in [1.165, 1.54) is 0 Å². The van der Waals surface area contributed by atoms with Crippen molar-refractivity contribution in [1.29, 1.82) is 0 Å². The van der Waals surface area contributed by atoms with Gasteiger partial charge in [-0.15, -0.1) is 24.0 Å². The number of nitrogens with zero attached hydrogens (tertiary/aromatic N) is 3. The van der Waals surface area contributed by atoms with Gasteiger partial charge in [0.1, 0.15) is 5.60 Å². The highest BCUT2D eigenvalue weighted by Gasteiger charge is 2.24. The highest BCUT2D eigenvalue weighted by Crippen LogP contribution is 2.20. The fourth-order valence-electron chi connectivity index (χ4n) is 2.56. The van der Waals surface area contributed by atoms with Crippen molar-refractivity contribution in [3.05, 3.63) is 53.9 Å². The van der Waals surface area contributed by atoms with Gasteiger partial charge in [-0.25, -0.2) is 4.99 Å². The number of guanidine groups is 1. The SMILES string of the molecule is CCNC(=NCC(C)(O)c1cnn(C)c1)NCC(OC)c1ccccc1.I. The summed E-state index contributed by atoms with van der Waals surface area (Å²) in [5.41, 5.74) is 0.746. The van der Waals surface area contributed by atoms with Crippen molar-refractivity contribution in [3.63, 3.8) is 0 Å². The lowest BCUT2D eigenvalue weighted by Gasteiger charge is -2.22. The molecule has 0 fully saturated rings. The summed E-state index contributed by atoms with van der Waals surface area (Å²) < 4.78 is 7.24. The predicted molar refractivity (Wildman–Crippen MR) is 118 cm³/mol. The lowest BCUT2D eigenvalue weighted by Crippen LogP contribution is -2.40. The number of methoxy groups -OCH3 is 1. The quantitative estimate of drug-likeness (QED) is 0.302. The van der Waals surface area contributed by atoms with Gasteiger partial charge in [0.2, 0.25) is 0 Å². The lowest BCUT2D eigenvalue weighted by atomic mass is 10.0. The number of halogens is 1. The molecule has 0 radical (unpaired) electrons. The van der Waals surface area contributed by atoms with Crippen LogP contribution in [0.25, 0.3) is 0 Å². The second kappa shape index (κ2) is 11.3. The molecule has 7 nitrogen and oxygen atoms in total. The van der Waals surface area contributed by atoms with Crippen LogP contribution < -0.4 is 10.6 Å². The number of aliphatic hydroxyl groups is 1. The molecule has 0 spiro atoms. The van der Waals surface area contributed by atoms with Gasteiger partial charge in [0, 0.05) is 39.0 Å². The van der Waals surface area contributed by atoms with Crippen LogP contribution in [0.4, 0.5) is 0 Å². The zero-order chi connectivity index (χ0) is 19.0. The van der Waals surface area contributed by atoms with Gasteiger partial charge in [0.05, 0.1) is 18.8 Å². The van der Waals surface area contributed by atoms with Crippen LogP contribution >= 0.6 is 24.0 Å². The monoisotopic (exact) mass is 487 g/mol. The normalized spacial score (nSPS) is 14.8. The first-order valence-corrected chi connectivity index (χ1v) is 8.77. The van der Waals surface area contributed by atoms with Crippen LogP contribution in [0.1, 0.15) is 31.1 Å². The Balaban J connectivity index is 0.00000364. The molecule has 0 aliphatic heterocycles. The third-order valence-electron chi connectivity index (χ3n) is 4.13. The van der Waals surface area contributed by atoms with E-state index < -0.39 is 5.60 Å². The minimum atomic E-state index is -1.09. The summed E-state index contributed by atoms with van der Waals surface area (Å²) in [6.45, 7) is 5.25. The van der Waals surface area contributed by atoms with E-state index in [1.807, 2.05) is 44.3 Å². The molecule has 0 bridgehead atoms. The summed E-state index contributed by atoms with van der Waals surface area (Å²) in [5.74, 6) is 0.634. The van der Waals surface area contributed by atoms with Crippen molar-refractivity contribution in [1.82, 2.24) is 20.4 Å². The van der Waals surface area contributed by atoms with E-state index in [2.05, 4.69) is 20.7 Å². The molecule has 3 N–H and O–H groups in total. The molecule has 27 heavy (non-hydrogen) atoms. The largest absolute Gasteiger partial charge is 0.383 e. The maximum Gasteiger partial charge on any atom is 0.191 e. The zero-order valence-corrected chi connectivity index (χ0v) is 18.7. The fourth-order valence-corrected chi connectivity index (χ4v) is 2.56. The third kappa shape index (κ3) is 7.11. The van der Waals surface area contributed by atoms with E-state index >= 15 is 0 Å². The van der Waals surface area contributed by atoms with Gasteiger partial charge in [-0.05, 0) is 19.4 Å². The molecular formula is C19H30IN5O2. The van der Waals surface area contributed by atoms with Crippen LogP contribution in [0.3, 0.4) is 0 Å². The fraction of sp³-hybridized carbons (Fsp3) is 0.474. The average molecular weight is 487 g/mol. The standard InChI is InChI=1S/C19H29N5O2.HI/c1-5-20-18(21-12-17(26-4)15-9-7-6-8-10-15)22-14-19(2,25)16-11-23-24(3)13-16;/h6-11,13,17,25H,5,12,14H2,1-4H3,(H2,20,21,22);1H. The van der Waals surface area contributed by atoms with Gasteiger partial charge >= 0.3 is 0 Å². The molecule has 0 amide bonds. The molecule has 1 heterocycles. The molecule has 2 unspecified atom stereocenters. The van der Waals surface area contributed by atoms with Crippen LogP contribution in [-0.2, 0) is 17.4 Å². The number of nitrogens with one attached hydrogen (secondary N) is 2. The first-order chi connectivity index (χ1) is 12.5. The Hall–Kier alpha value is -1.65. The summed E-state index contributed by atoms with van der Waals surface area (Å²) in [4.78, 5) is 4.52. The van der Waals surface area contributed by atoms with Gasteiger partial charge in [0.15, 0.2) is 5.96 Å². The summed E-state index contributed by atoms with van der Waals surface area (Å²) in [5, 5.41) is 21.3. The van der Waals surface area contributed by atoms with Gasteiger partial charge in [-0.3, -0.25) is 4.68 Å². The predicted octanol–water partition coefficient (Wildman–Crippen LogP) is 2.19. The van der Waals surface area contributed by atoms with E-state index in [4.69, 9.17) is 4.74 Å². The molecule has 2 rings (SSSR count). The van der Waals surface area contributed by atoms with Crippen molar-refractivity contribution in [3.8, 4) is 0 Å². The van der Waals surface area contributed by atoms with Crippen LogP contribution in [0.5, 0.6) is 0 Å². The Bertz CT molecular complexity index is 703. The van der Waals surface area contributed by atoms with Crippen molar-refractivity contribution in [2.24, 2.45) is 12.0 Å². The van der Waals surface area contributed by atoms with Crippen LogP contribution in [-0.4, -0.2) is 47.6 Å². The minimum absolute atomic E-state index is 0. The molecule has 0 saturated carbocycles. The number of aliphatic imine (C=N–C) groups is 1. The Kier molecular flexibility index (Phi) is 9.75. The minimum Gasteiger partial charge on any atom is -0.383 e. The number of benzene rings is 1. The molecule has 0 aliphatic carbocycles. The lowest BCUT2D eigenvalue weighted by molar-refractivity contribution is 0.0671. The van der Waals surface area contributed by atoms with Crippen LogP contribution in [0.15, 0.2) is 47.7 Å². The molecule has 0 aliphatic rings. The van der Waals surface area contributed by atoms with E-state index in [1.54, 1.807) is 31.1 Å². The number of aryl methyl sites for hydroxylation is 1. The number of aromatic nitrogens is 2. The average Bonchev–Trinajstić information content (AvgIpc) is 3.08. The summed E-state index contributed by atoms with van der Waals surface area (Å²) >= 11 is 0. The first-order valence-electron chi connectivity index (χ1n) is 8.77.